The lowest BCUT2D eigenvalue weighted by molar-refractivity contribution is -0.870. The summed E-state index contributed by atoms with van der Waals surface area (Å²) in [7, 11) is 1.17. The number of allylic oxidation sites excluding steroid dienone is 22. The third-order valence-corrected chi connectivity index (χ3v) is 20.1. The minimum absolute atomic E-state index is 0.0345. The van der Waals surface area contributed by atoms with Crippen LogP contribution in [-0.4, -0.2) is 70.0 Å². The van der Waals surface area contributed by atoms with Gasteiger partial charge in [0.15, 0.2) is 6.10 Å². The van der Waals surface area contributed by atoms with E-state index in [1.54, 1.807) is 0 Å². The van der Waals surface area contributed by atoms with E-state index in [-0.39, 0.29) is 32.0 Å². The van der Waals surface area contributed by atoms with Gasteiger partial charge in [-0.1, -0.05) is 404 Å². The second kappa shape index (κ2) is 83.2. The molecule has 0 saturated carbocycles. The molecule has 104 heavy (non-hydrogen) atoms. The molecular weight excluding hydrogens is 1300 g/mol. The van der Waals surface area contributed by atoms with Gasteiger partial charge in [-0.3, -0.25) is 14.2 Å². The number of quaternary nitrogens is 1. The van der Waals surface area contributed by atoms with Crippen LogP contribution in [0, 0.1) is 0 Å². The van der Waals surface area contributed by atoms with E-state index in [2.05, 4.69) is 148 Å². The molecule has 0 amide bonds. The number of rotatable bonds is 81. The maximum Gasteiger partial charge on any atom is 0.306 e. The van der Waals surface area contributed by atoms with Crippen LogP contribution in [0.25, 0.3) is 0 Å². The standard InChI is InChI=1S/C94H166NO8P/c1-6-8-10-12-14-16-18-20-22-24-26-28-30-32-34-36-38-40-42-44-46-47-49-50-52-54-56-58-60-62-64-66-68-70-72-74-76-78-80-82-84-86-93(96)100-90-92(91-102-104(98,99)101-89-88-95(3,4)5)103-94(97)87-85-83-81-79-77-75-73-71-69-67-65-63-61-59-57-55-53-51-48-45-43-41-39-37-35-33-31-29-27-25-23-21-19-17-15-13-11-9-7-2/h9,11,15,17-18,20-21,23-24,26-27,29,33,35,39,41,45,48,53,55,59,61,92H,6-8,10,12-14,16,19,22,25,28,30-32,34,36-38,40,42-44,46-47,49-52,54,56-58,60,62-91H2,1-5H3/b11-9-,17-15-,20-18-,23-21-,26-24-,29-27-,35-33-,41-39-,48-45-,55-53-,61-59-. The normalized spacial score (nSPS) is 13.6. The first-order valence-electron chi connectivity index (χ1n) is 43.9. The molecule has 0 aliphatic heterocycles. The van der Waals surface area contributed by atoms with Crippen molar-refractivity contribution >= 4 is 19.8 Å². The van der Waals surface area contributed by atoms with Gasteiger partial charge in [-0.15, -0.1) is 0 Å². The molecule has 10 heteroatoms. The molecule has 0 N–H and O–H groups in total. The Morgan fingerprint density at radius 3 is 0.817 bits per heavy atom. The van der Waals surface area contributed by atoms with E-state index in [1.807, 2.05) is 21.1 Å². The highest BCUT2D eigenvalue weighted by molar-refractivity contribution is 7.45. The van der Waals surface area contributed by atoms with Gasteiger partial charge in [0.05, 0.1) is 27.7 Å². The first kappa shape index (κ1) is 100. The summed E-state index contributed by atoms with van der Waals surface area (Å²) in [5, 5.41) is 0. The van der Waals surface area contributed by atoms with Crippen molar-refractivity contribution in [2.75, 3.05) is 47.5 Å². The zero-order valence-electron chi connectivity index (χ0n) is 68.7. The summed E-state index contributed by atoms with van der Waals surface area (Å²) < 4.78 is 34.5. The Labute approximate surface area is 644 Å². The van der Waals surface area contributed by atoms with Gasteiger partial charge in [-0.25, -0.2) is 0 Å². The van der Waals surface area contributed by atoms with Crippen molar-refractivity contribution in [1.29, 1.82) is 0 Å². The van der Waals surface area contributed by atoms with Gasteiger partial charge < -0.3 is 27.9 Å². The summed E-state index contributed by atoms with van der Waals surface area (Å²) in [5.74, 6) is -0.826. The summed E-state index contributed by atoms with van der Waals surface area (Å²) in [6.07, 6.45) is 122. The molecule has 0 bridgehead atoms. The average Bonchev–Trinajstić information content (AvgIpc) is 0.915. The third kappa shape index (κ3) is 87.1. The molecular formula is C94H166NO8P. The molecule has 0 aliphatic rings. The van der Waals surface area contributed by atoms with Gasteiger partial charge >= 0.3 is 11.9 Å². The van der Waals surface area contributed by atoms with E-state index < -0.39 is 26.5 Å². The maximum atomic E-state index is 12.9. The lowest BCUT2D eigenvalue weighted by Gasteiger charge is -2.28. The van der Waals surface area contributed by atoms with E-state index in [0.29, 0.717) is 17.4 Å². The molecule has 0 fully saturated rings. The van der Waals surface area contributed by atoms with E-state index in [4.69, 9.17) is 18.5 Å². The number of ether oxygens (including phenoxy) is 2. The fraction of sp³-hybridized carbons (Fsp3) is 0.745. The number of carbonyl (C=O) groups excluding carboxylic acids is 2. The quantitative estimate of drug-likeness (QED) is 0.0195. The van der Waals surface area contributed by atoms with Crippen LogP contribution in [0.3, 0.4) is 0 Å². The molecule has 0 radical (unpaired) electrons. The van der Waals surface area contributed by atoms with Crippen LogP contribution in [0.15, 0.2) is 134 Å². The molecule has 0 saturated heterocycles. The number of likely N-dealkylation sites (N-methyl/N-ethyl adjacent to an activating group) is 1. The van der Waals surface area contributed by atoms with Gasteiger partial charge in [0, 0.05) is 12.8 Å². The number of phosphoric acid groups is 1. The van der Waals surface area contributed by atoms with Crippen LogP contribution >= 0.6 is 7.82 Å². The Kier molecular flexibility index (Phi) is 80.1. The van der Waals surface area contributed by atoms with Gasteiger partial charge in [-0.2, -0.15) is 0 Å². The summed E-state index contributed by atoms with van der Waals surface area (Å²) in [5.41, 5.74) is 0. The molecule has 0 aromatic carbocycles. The first-order chi connectivity index (χ1) is 51.0. The van der Waals surface area contributed by atoms with Gasteiger partial charge in [-0.05, 0) is 116 Å². The molecule has 600 valence electrons. The van der Waals surface area contributed by atoms with E-state index in [9.17, 15) is 19.0 Å². The Bertz CT molecular complexity index is 2230. The predicted molar refractivity (Wildman–Crippen MR) is 452 cm³/mol. The van der Waals surface area contributed by atoms with E-state index in [0.717, 1.165) is 109 Å². The molecule has 0 heterocycles. The summed E-state index contributed by atoms with van der Waals surface area (Å²) in [6, 6.07) is 0. The highest BCUT2D eigenvalue weighted by atomic mass is 31.2. The predicted octanol–water partition coefficient (Wildman–Crippen LogP) is 29.2. The van der Waals surface area contributed by atoms with Crippen molar-refractivity contribution in [3.05, 3.63) is 134 Å². The monoisotopic (exact) mass is 1470 g/mol. The summed E-state index contributed by atoms with van der Waals surface area (Å²) in [4.78, 5) is 38.3. The summed E-state index contributed by atoms with van der Waals surface area (Å²) >= 11 is 0. The molecule has 2 unspecified atom stereocenters. The molecule has 0 aromatic heterocycles. The zero-order chi connectivity index (χ0) is 75.4. The minimum Gasteiger partial charge on any atom is -0.756 e. The minimum atomic E-state index is -4.65. The smallest absolute Gasteiger partial charge is 0.306 e. The second-order valence-corrected chi connectivity index (χ2v) is 31.9. The van der Waals surface area contributed by atoms with Crippen molar-refractivity contribution in [3.8, 4) is 0 Å². The van der Waals surface area contributed by atoms with Crippen molar-refractivity contribution in [2.45, 2.75) is 405 Å². The molecule has 0 spiro atoms. The Morgan fingerprint density at radius 1 is 0.308 bits per heavy atom. The molecule has 0 rings (SSSR count). The summed E-state index contributed by atoms with van der Waals surface area (Å²) in [6.45, 7) is 4.15. The first-order valence-corrected chi connectivity index (χ1v) is 45.4. The van der Waals surface area contributed by atoms with Crippen LogP contribution in [0.4, 0.5) is 0 Å². The van der Waals surface area contributed by atoms with Crippen molar-refractivity contribution in [3.63, 3.8) is 0 Å². The fourth-order valence-electron chi connectivity index (χ4n) is 12.5. The molecule has 9 nitrogen and oxygen atoms in total. The van der Waals surface area contributed by atoms with Crippen LogP contribution in [-0.2, 0) is 32.7 Å². The average molecular weight is 1470 g/mol. The Balaban J connectivity index is 3.93. The highest BCUT2D eigenvalue weighted by Crippen LogP contribution is 2.38. The lowest BCUT2D eigenvalue weighted by atomic mass is 10.0. The molecule has 0 aliphatic carbocycles. The largest absolute Gasteiger partial charge is 0.756 e. The number of esters is 2. The SMILES string of the molecule is CC/C=C\C/C=C\C/C=C\C/C=C\C/C=C\C/C=C\C/C=C\C/C=C\C/C=C\CCCCCCCCCCCCCC(=O)OC(COC(=O)CCCCCCCCCCCCCCCCCCCCCCCCCCCCCCC/C=C\C/C=C\CCCCCCC)COP(=O)([O-])OCC[N+](C)(C)C. The lowest BCUT2D eigenvalue weighted by Crippen LogP contribution is -2.37. The Hall–Kier alpha value is -3.85. The molecule has 2 atom stereocenters. The topological polar surface area (TPSA) is 111 Å². The van der Waals surface area contributed by atoms with Crippen LogP contribution in [0.2, 0.25) is 0 Å². The van der Waals surface area contributed by atoms with Crippen LogP contribution in [0.5, 0.6) is 0 Å². The number of unbranched alkanes of at least 4 members (excludes halogenated alkanes) is 45. The number of carbonyl (C=O) groups is 2. The highest BCUT2D eigenvalue weighted by Gasteiger charge is 2.22. The van der Waals surface area contributed by atoms with Crippen molar-refractivity contribution < 1.29 is 42.1 Å². The Morgan fingerprint density at radius 2 is 0.548 bits per heavy atom. The third-order valence-electron chi connectivity index (χ3n) is 19.2. The van der Waals surface area contributed by atoms with Crippen LogP contribution in [0.1, 0.15) is 399 Å². The van der Waals surface area contributed by atoms with Crippen molar-refractivity contribution in [1.82, 2.24) is 0 Å². The van der Waals surface area contributed by atoms with E-state index >= 15 is 0 Å². The van der Waals surface area contributed by atoms with Gasteiger partial charge in [0.2, 0.25) is 0 Å². The number of nitrogens with zero attached hydrogens (tertiary/aromatic N) is 1. The fourth-order valence-corrected chi connectivity index (χ4v) is 13.2. The van der Waals surface area contributed by atoms with E-state index in [1.165, 1.54) is 257 Å². The number of phosphoric ester groups is 1. The van der Waals surface area contributed by atoms with Gasteiger partial charge in [0.1, 0.15) is 19.8 Å². The second-order valence-electron chi connectivity index (χ2n) is 30.5. The van der Waals surface area contributed by atoms with Crippen molar-refractivity contribution in [2.24, 2.45) is 0 Å². The number of hydrogen-bond acceptors (Lipinski definition) is 8. The molecule has 0 aromatic rings. The van der Waals surface area contributed by atoms with Crippen LogP contribution < -0.4 is 4.89 Å². The number of hydrogen-bond donors (Lipinski definition) is 0. The van der Waals surface area contributed by atoms with Gasteiger partial charge in [0.25, 0.3) is 7.82 Å². The zero-order valence-corrected chi connectivity index (χ0v) is 69.6. The maximum absolute atomic E-state index is 12.9.